The monoisotopic (exact) mass is 429 g/mol. The first-order valence-electron chi connectivity index (χ1n) is 10.2. The molecule has 2 aliphatic heterocycles. The van der Waals surface area contributed by atoms with Crippen molar-refractivity contribution in [2.24, 2.45) is 5.73 Å². The number of hydrogen-bond acceptors (Lipinski definition) is 6. The second-order valence-corrected chi connectivity index (χ2v) is 7.94. The van der Waals surface area contributed by atoms with Gasteiger partial charge in [-0.3, -0.25) is 24.5 Å². The number of para-hydroxylation sites is 2. The molecule has 1 aromatic heterocycles. The van der Waals surface area contributed by atoms with Gasteiger partial charge in [0.15, 0.2) is 0 Å². The minimum Gasteiger partial charge on any atom is -0.364 e. The Bertz CT molecular complexity index is 1320. The largest absolute Gasteiger partial charge is 0.364 e. The number of carbonyl (C=O) groups is 4. The van der Waals surface area contributed by atoms with Crippen molar-refractivity contribution in [1.29, 1.82) is 0 Å². The van der Waals surface area contributed by atoms with E-state index in [1.807, 2.05) is 24.3 Å². The SMILES string of the molecule is NC(=O)c1nc2ccccc2nc1Cc1ccc2c(c1)CN(C1CCC(=O)NC1=O)C2=O. The number of nitrogens with zero attached hydrogens (tertiary/aromatic N) is 3. The van der Waals surface area contributed by atoms with E-state index in [1.54, 1.807) is 18.2 Å². The summed E-state index contributed by atoms with van der Waals surface area (Å²) in [6.07, 6.45) is 0.834. The Hall–Kier alpha value is -4.14. The molecule has 9 heteroatoms. The number of piperidine rings is 1. The summed E-state index contributed by atoms with van der Waals surface area (Å²) in [6, 6.07) is 12.0. The summed E-state index contributed by atoms with van der Waals surface area (Å²) < 4.78 is 0. The first-order valence-corrected chi connectivity index (χ1v) is 10.2. The van der Waals surface area contributed by atoms with Gasteiger partial charge in [-0.1, -0.05) is 24.3 Å². The second-order valence-electron chi connectivity index (χ2n) is 7.94. The molecule has 4 amide bonds. The van der Waals surface area contributed by atoms with Crippen LogP contribution in [0.5, 0.6) is 0 Å². The zero-order chi connectivity index (χ0) is 22.4. The van der Waals surface area contributed by atoms with E-state index in [1.165, 1.54) is 4.90 Å². The highest BCUT2D eigenvalue weighted by atomic mass is 16.2. The van der Waals surface area contributed by atoms with E-state index in [0.717, 1.165) is 11.1 Å². The molecule has 0 saturated carbocycles. The lowest BCUT2D eigenvalue weighted by Crippen LogP contribution is -2.52. The molecule has 3 N–H and O–H groups in total. The molecule has 1 unspecified atom stereocenters. The lowest BCUT2D eigenvalue weighted by Gasteiger charge is -2.29. The number of primary amides is 1. The zero-order valence-corrected chi connectivity index (χ0v) is 17.0. The number of nitrogens with one attached hydrogen (secondary N) is 1. The van der Waals surface area contributed by atoms with Crippen molar-refractivity contribution in [1.82, 2.24) is 20.2 Å². The number of hydrogen-bond donors (Lipinski definition) is 2. The number of imide groups is 1. The van der Waals surface area contributed by atoms with Gasteiger partial charge in [0.1, 0.15) is 11.7 Å². The summed E-state index contributed by atoms with van der Waals surface area (Å²) >= 11 is 0. The quantitative estimate of drug-likeness (QED) is 0.596. The van der Waals surface area contributed by atoms with Gasteiger partial charge >= 0.3 is 0 Å². The molecule has 0 aliphatic carbocycles. The lowest BCUT2D eigenvalue weighted by atomic mass is 10.0. The fraction of sp³-hybridized carbons (Fsp3) is 0.217. The standard InChI is InChI=1S/C23H19N5O4/c24-21(30)20-17(25-15-3-1-2-4-16(15)26-20)10-12-5-6-14-13(9-12)11-28(23(14)32)18-7-8-19(29)27-22(18)31/h1-6,9,18H,7-8,10-11H2,(H2,24,30)(H,27,29,31). The Morgan fingerprint density at radius 1 is 1.09 bits per heavy atom. The van der Waals surface area contributed by atoms with Crippen molar-refractivity contribution < 1.29 is 19.2 Å². The van der Waals surface area contributed by atoms with Gasteiger partial charge in [0, 0.05) is 24.9 Å². The van der Waals surface area contributed by atoms with E-state index in [9.17, 15) is 19.2 Å². The maximum absolute atomic E-state index is 12.9. The summed E-state index contributed by atoms with van der Waals surface area (Å²) in [5.74, 6) is -1.65. The van der Waals surface area contributed by atoms with E-state index in [0.29, 0.717) is 35.1 Å². The molecule has 3 heterocycles. The molecular formula is C23H19N5O4. The smallest absolute Gasteiger partial charge is 0.269 e. The van der Waals surface area contributed by atoms with Crippen LogP contribution in [0, 0.1) is 0 Å². The summed E-state index contributed by atoms with van der Waals surface area (Å²) in [5, 5.41) is 2.30. The third-order valence-electron chi connectivity index (χ3n) is 5.84. The third kappa shape index (κ3) is 3.37. The number of nitrogens with two attached hydrogens (primary N) is 1. The number of fused-ring (bicyclic) bond motifs is 2. The van der Waals surface area contributed by atoms with Gasteiger partial charge in [0.2, 0.25) is 11.8 Å². The molecular weight excluding hydrogens is 410 g/mol. The number of carbonyl (C=O) groups excluding carboxylic acids is 4. The van der Waals surface area contributed by atoms with Crippen LogP contribution in [0.4, 0.5) is 0 Å². The van der Waals surface area contributed by atoms with E-state index in [2.05, 4.69) is 15.3 Å². The zero-order valence-electron chi connectivity index (χ0n) is 17.0. The first kappa shape index (κ1) is 19.8. The summed E-state index contributed by atoms with van der Waals surface area (Å²) in [5.41, 5.74) is 9.51. The molecule has 9 nitrogen and oxygen atoms in total. The van der Waals surface area contributed by atoms with Crippen LogP contribution in [-0.2, 0) is 22.6 Å². The van der Waals surface area contributed by atoms with Crippen LogP contribution < -0.4 is 11.1 Å². The minimum absolute atomic E-state index is 0.116. The molecule has 0 bridgehead atoms. The van der Waals surface area contributed by atoms with Crippen molar-refractivity contribution in [2.75, 3.05) is 0 Å². The highest BCUT2D eigenvalue weighted by Crippen LogP contribution is 2.29. The van der Waals surface area contributed by atoms with E-state index < -0.39 is 17.9 Å². The van der Waals surface area contributed by atoms with Crippen LogP contribution in [0.3, 0.4) is 0 Å². The van der Waals surface area contributed by atoms with Crippen LogP contribution in [0.2, 0.25) is 0 Å². The Labute approximate surface area is 182 Å². The Kier molecular flexibility index (Phi) is 4.66. The fourth-order valence-electron chi connectivity index (χ4n) is 4.29. The van der Waals surface area contributed by atoms with Gasteiger partial charge in [0.05, 0.1) is 16.7 Å². The molecule has 2 aliphatic rings. The van der Waals surface area contributed by atoms with Gasteiger partial charge in [-0.05, 0) is 35.7 Å². The van der Waals surface area contributed by atoms with Crippen molar-refractivity contribution in [2.45, 2.75) is 31.8 Å². The number of aromatic nitrogens is 2. The molecule has 1 fully saturated rings. The molecule has 160 valence electrons. The van der Waals surface area contributed by atoms with Crippen LogP contribution >= 0.6 is 0 Å². The Morgan fingerprint density at radius 2 is 1.84 bits per heavy atom. The van der Waals surface area contributed by atoms with Crippen LogP contribution in [-0.4, -0.2) is 44.5 Å². The third-order valence-corrected chi connectivity index (χ3v) is 5.84. The Balaban J connectivity index is 1.44. The molecule has 32 heavy (non-hydrogen) atoms. The predicted octanol–water partition coefficient (Wildman–Crippen LogP) is 1.08. The number of rotatable bonds is 4. The molecule has 0 radical (unpaired) electrons. The average Bonchev–Trinajstić information content (AvgIpc) is 3.08. The molecule has 0 spiro atoms. The molecule has 2 aromatic carbocycles. The maximum atomic E-state index is 12.9. The molecule has 1 saturated heterocycles. The van der Waals surface area contributed by atoms with Gasteiger partial charge in [-0.2, -0.15) is 0 Å². The topological polar surface area (TPSA) is 135 Å². The van der Waals surface area contributed by atoms with Gasteiger partial charge < -0.3 is 10.6 Å². The van der Waals surface area contributed by atoms with E-state index >= 15 is 0 Å². The number of benzene rings is 2. The summed E-state index contributed by atoms with van der Waals surface area (Å²) in [6.45, 7) is 0.278. The molecule has 3 aromatic rings. The fourth-order valence-corrected chi connectivity index (χ4v) is 4.29. The summed E-state index contributed by atoms with van der Waals surface area (Å²) in [4.78, 5) is 58.9. The van der Waals surface area contributed by atoms with Crippen molar-refractivity contribution >= 4 is 34.7 Å². The van der Waals surface area contributed by atoms with E-state index in [4.69, 9.17) is 5.73 Å². The van der Waals surface area contributed by atoms with Crippen LogP contribution in [0.15, 0.2) is 42.5 Å². The minimum atomic E-state index is -0.663. The highest BCUT2D eigenvalue weighted by molar-refractivity contribution is 6.05. The van der Waals surface area contributed by atoms with Crippen molar-refractivity contribution in [3.05, 3.63) is 70.5 Å². The predicted molar refractivity (Wildman–Crippen MR) is 113 cm³/mol. The highest BCUT2D eigenvalue weighted by Gasteiger charge is 2.39. The molecule has 1 atom stereocenters. The van der Waals surface area contributed by atoms with E-state index in [-0.39, 0.29) is 30.5 Å². The second kappa shape index (κ2) is 7.52. The van der Waals surface area contributed by atoms with Gasteiger partial charge in [-0.25, -0.2) is 9.97 Å². The summed E-state index contributed by atoms with van der Waals surface area (Å²) in [7, 11) is 0. The van der Waals surface area contributed by atoms with Crippen LogP contribution in [0.25, 0.3) is 11.0 Å². The lowest BCUT2D eigenvalue weighted by molar-refractivity contribution is -0.136. The van der Waals surface area contributed by atoms with Gasteiger partial charge in [0.25, 0.3) is 11.8 Å². The van der Waals surface area contributed by atoms with Gasteiger partial charge in [-0.15, -0.1) is 0 Å². The first-order chi connectivity index (χ1) is 15.4. The number of amides is 4. The molecule has 5 rings (SSSR count). The normalized spacial score (nSPS) is 18.1. The Morgan fingerprint density at radius 3 is 2.56 bits per heavy atom. The average molecular weight is 429 g/mol. The maximum Gasteiger partial charge on any atom is 0.269 e. The van der Waals surface area contributed by atoms with Crippen molar-refractivity contribution in [3.8, 4) is 0 Å². The van der Waals surface area contributed by atoms with Crippen LogP contribution in [0.1, 0.15) is 50.5 Å². The van der Waals surface area contributed by atoms with Crippen molar-refractivity contribution in [3.63, 3.8) is 0 Å².